The number of benzene rings is 3. The van der Waals surface area contributed by atoms with Gasteiger partial charge in [-0.2, -0.15) is 0 Å². The second-order valence-corrected chi connectivity index (χ2v) is 19.5. The number of anilines is 1. The molecule has 0 saturated heterocycles. The first-order chi connectivity index (χ1) is 31.9. The fourth-order valence-corrected chi connectivity index (χ4v) is 11.0. The van der Waals surface area contributed by atoms with Crippen molar-refractivity contribution in [2.75, 3.05) is 5.73 Å². The summed E-state index contributed by atoms with van der Waals surface area (Å²) in [5.41, 5.74) is 11.7. The topological polar surface area (TPSA) is 193 Å². The molecule has 7 rings (SSSR count). The third-order valence-electron chi connectivity index (χ3n) is 14.6. The van der Waals surface area contributed by atoms with E-state index in [1.54, 1.807) is 12.3 Å². The SMILES string of the molecule is CCCCC[C@@H]1C=C[C@@H](CCCCC[C@H](C(=O)O)[C@H](O)CC[C@]2(O)C[C@H](Cc3ccnc(N)c3)C[C@H]2Cc2cc(-c3ccccc3)c(-c3cc(O)cc(O)c3Cc3ccccc3)[nH]2)[C@H](O)C1. The van der Waals surface area contributed by atoms with Crippen LogP contribution in [0.25, 0.3) is 22.4 Å². The standard InChI is InChI=1S/C56H71N3O7/c1-2-3-7-14-38-21-22-42(51(62)30-38)19-12-6-13-20-46(55(64)65)50(61)23-25-56(66)36-40(27-39-24-26-58-53(57)31-39)28-43(56)32-44-33-47(41-17-10-5-11-18-41)54(59-44)49-34-45(60)35-52(63)48(49)29-37-15-8-4-9-16-37/h4-5,8-11,15-18,21-22,24,26,31,33-35,38,40,42-43,46,50-51,59-63,66H,2-3,6-7,12-14,19-20,23,25,27-30,32,36H2,1H3,(H2,57,58)(H,64,65)/t38-,40-,42-,43+,46+,50-,51-,56+/m1/s1. The van der Waals surface area contributed by atoms with Gasteiger partial charge >= 0.3 is 5.97 Å². The number of carboxylic acids is 1. The Kier molecular flexibility index (Phi) is 16.8. The second-order valence-electron chi connectivity index (χ2n) is 19.5. The number of pyridine rings is 1. The number of phenolic OH excluding ortho intramolecular Hbond substituents is 2. The zero-order chi connectivity index (χ0) is 46.6. The number of nitrogens with zero attached hydrogens (tertiary/aromatic N) is 1. The largest absolute Gasteiger partial charge is 0.508 e. The number of unbranched alkanes of at least 4 members (excludes halogenated alkanes) is 4. The summed E-state index contributed by atoms with van der Waals surface area (Å²) in [5.74, 6) is -1.15. The van der Waals surface area contributed by atoms with Crippen LogP contribution in [0.1, 0.15) is 119 Å². The smallest absolute Gasteiger partial charge is 0.309 e. The third kappa shape index (κ3) is 12.7. The molecule has 10 heteroatoms. The van der Waals surface area contributed by atoms with E-state index in [1.165, 1.54) is 25.3 Å². The number of nitrogens with one attached hydrogen (secondary N) is 1. The number of aliphatic carboxylic acids is 1. The summed E-state index contributed by atoms with van der Waals surface area (Å²) in [6, 6.07) is 28.8. The summed E-state index contributed by atoms with van der Waals surface area (Å²) in [4.78, 5) is 20.4. The van der Waals surface area contributed by atoms with Crippen molar-refractivity contribution in [3.05, 3.63) is 132 Å². The van der Waals surface area contributed by atoms with E-state index in [-0.39, 0.29) is 48.2 Å². The van der Waals surface area contributed by atoms with Crippen LogP contribution in [0.5, 0.6) is 11.5 Å². The van der Waals surface area contributed by atoms with Crippen molar-refractivity contribution in [1.82, 2.24) is 9.97 Å². The Morgan fingerprint density at radius 3 is 2.33 bits per heavy atom. The van der Waals surface area contributed by atoms with Crippen LogP contribution in [0, 0.1) is 29.6 Å². The fraction of sp³-hybridized carbons (Fsp3) is 0.464. The first-order valence-corrected chi connectivity index (χ1v) is 24.5. The van der Waals surface area contributed by atoms with Crippen LogP contribution < -0.4 is 5.73 Å². The molecule has 1 saturated carbocycles. The highest BCUT2D eigenvalue weighted by atomic mass is 16.4. The van der Waals surface area contributed by atoms with Gasteiger partial charge in [0.2, 0.25) is 0 Å². The lowest BCUT2D eigenvalue weighted by atomic mass is 9.80. The number of aromatic amines is 1. The van der Waals surface area contributed by atoms with Gasteiger partial charge < -0.3 is 41.4 Å². The van der Waals surface area contributed by atoms with E-state index >= 15 is 0 Å². The molecule has 0 amide bonds. The summed E-state index contributed by atoms with van der Waals surface area (Å²) in [7, 11) is 0. The van der Waals surface area contributed by atoms with E-state index in [4.69, 9.17) is 5.73 Å². The molecule has 2 aromatic heterocycles. The van der Waals surface area contributed by atoms with Gasteiger partial charge in [0.1, 0.15) is 17.3 Å². The van der Waals surface area contributed by atoms with Crippen molar-refractivity contribution >= 4 is 11.8 Å². The molecular formula is C56H71N3O7. The molecule has 2 heterocycles. The number of phenols is 2. The zero-order valence-electron chi connectivity index (χ0n) is 38.6. The van der Waals surface area contributed by atoms with E-state index in [2.05, 4.69) is 35.1 Å². The monoisotopic (exact) mass is 898 g/mol. The molecule has 0 aliphatic heterocycles. The number of rotatable bonds is 23. The Morgan fingerprint density at radius 2 is 1.61 bits per heavy atom. The number of hydrogen-bond donors (Lipinski definition) is 8. The number of aliphatic hydroxyl groups is 3. The molecule has 3 aromatic carbocycles. The Morgan fingerprint density at radius 1 is 0.848 bits per heavy atom. The number of allylic oxidation sites excluding steroid dienone is 1. The van der Waals surface area contributed by atoms with E-state index in [9.17, 15) is 35.4 Å². The molecule has 352 valence electrons. The van der Waals surface area contributed by atoms with Crippen LogP contribution in [0.15, 0.2) is 109 Å². The van der Waals surface area contributed by atoms with Gasteiger partial charge in [-0.05, 0) is 123 Å². The number of H-pyrrole nitrogens is 1. The molecular weight excluding hydrogens is 827 g/mol. The van der Waals surface area contributed by atoms with Crippen molar-refractivity contribution in [2.24, 2.45) is 29.6 Å². The van der Waals surface area contributed by atoms with Gasteiger partial charge in [0.25, 0.3) is 0 Å². The molecule has 0 radical (unpaired) electrons. The highest BCUT2D eigenvalue weighted by molar-refractivity contribution is 5.85. The van der Waals surface area contributed by atoms with Gasteiger partial charge in [-0.3, -0.25) is 4.79 Å². The molecule has 1 fully saturated rings. The van der Waals surface area contributed by atoms with Gasteiger partial charge in [-0.15, -0.1) is 0 Å². The number of carbonyl (C=O) groups is 1. The van der Waals surface area contributed by atoms with Crippen LogP contribution in [0.3, 0.4) is 0 Å². The Hall–Kier alpha value is -5.42. The number of hydrogen-bond acceptors (Lipinski definition) is 8. The number of nitrogens with two attached hydrogens (primary N) is 1. The lowest BCUT2D eigenvalue weighted by molar-refractivity contribution is -0.146. The predicted octanol–water partition coefficient (Wildman–Crippen LogP) is 10.8. The van der Waals surface area contributed by atoms with Crippen molar-refractivity contribution in [1.29, 1.82) is 0 Å². The Bertz CT molecular complexity index is 2350. The van der Waals surface area contributed by atoms with Gasteiger partial charge in [-0.1, -0.05) is 118 Å². The third-order valence-corrected chi connectivity index (χ3v) is 14.6. The second kappa shape index (κ2) is 22.9. The maximum Gasteiger partial charge on any atom is 0.309 e. The number of nitrogen functional groups attached to an aromatic ring is 1. The molecule has 9 N–H and O–H groups in total. The van der Waals surface area contributed by atoms with Crippen LogP contribution in [-0.2, 0) is 24.1 Å². The summed E-state index contributed by atoms with van der Waals surface area (Å²) in [5, 5.41) is 67.5. The van der Waals surface area contributed by atoms with Crippen molar-refractivity contribution < 1.29 is 35.4 Å². The first kappa shape index (κ1) is 48.5. The number of aromatic nitrogens is 2. The molecule has 0 unspecified atom stereocenters. The van der Waals surface area contributed by atoms with Gasteiger partial charge in [0, 0.05) is 47.0 Å². The van der Waals surface area contributed by atoms with Crippen LogP contribution >= 0.6 is 0 Å². The lowest BCUT2D eigenvalue weighted by Gasteiger charge is -2.32. The Labute approximate surface area is 390 Å². The number of aromatic hydroxyl groups is 2. The van der Waals surface area contributed by atoms with E-state index in [0.717, 1.165) is 65.7 Å². The van der Waals surface area contributed by atoms with Crippen LogP contribution in [0.4, 0.5) is 5.82 Å². The average molecular weight is 898 g/mol. The predicted molar refractivity (Wildman–Crippen MR) is 262 cm³/mol. The minimum atomic E-state index is -1.20. The molecule has 10 nitrogen and oxygen atoms in total. The molecule has 5 aromatic rings. The first-order valence-electron chi connectivity index (χ1n) is 24.5. The van der Waals surface area contributed by atoms with Gasteiger partial charge in [-0.25, -0.2) is 4.98 Å². The Balaban J connectivity index is 1.07. The van der Waals surface area contributed by atoms with E-state index in [0.29, 0.717) is 67.8 Å². The molecule has 2 aliphatic carbocycles. The summed E-state index contributed by atoms with van der Waals surface area (Å²) in [6.45, 7) is 2.20. The van der Waals surface area contributed by atoms with Crippen molar-refractivity contribution in [2.45, 2.75) is 134 Å². The fourth-order valence-electron chi connectivity index (χ4n) is 11.0. The molecule has 66 heavy (non-hydrogen) atoms. The number of carboxylic acid groups (broad SMARTS) is 1. The maximum atomic E-state index is 12.7. The van der Waals surface area contributed by atoms with Gasteiger partial charge in [0.05, 0.1) is 29.4 Å². The van der Waals surface area contributed by atoms with Crippen LogP contribution in [0.2, 0.25) is 0 Å². The maximum absolute atomic E-state index is 12.7. The molecule has 8 atom stereocenters. The average Bonchev–Trinajstić information content (AvgIpc) is 3.86. The quantitative estimate of drug-likeness (QED) is 0.0233. The normalized spacial score (nSPS) is 22.6. The van der Waals surface area contributed by atoms with E-state index < -0.39 is 23.6 Å². The molecule has 2 aliphatic rings. The minimum absolute atomic E-state index is 0.00482. The van der Waals surface area contributed by atoms with E-state index in [1.807, 2.05) is 72.8 Å². The summed E-state index contributed by atoms with van der Waals surface area (Å²) < 4.78 is 0. The van der Waals surface area contributed by atoms with Gasteiger partial charge in [0.15, 0.2) is 0 Å². The highest BCUT2D eigenvalue weighted by Crippen LogP contribution is 2.48. The van der Waals surface area contributed by atoms with Crippen LogP contribution in [-0.4, -0.2) is 64.4 Å². The zero-order valence-corrected chi connectivity index (χ0v) is 38.6. The summed E-state index contributed by atoms with van der Waals surface area (Å²) >= 11 is 0. The minimum Gasteiger partial charge on any atom is -0.508 e. The molecule has 0 spiro atoms. The van der Waals surface area contributed by atoms with Crippen molar-refractivity contribution in [3.63, 3.8) is 0 Å². The number of aliphatic hydroxyl groups excluding tert-OH is 2. The molecule has 0 bridgehead atoms. The summed E-state index contributed by atoms with van der Waals surface area (Å²) in [6.07, 6.45) is 17.0. The lowest BCUT2D eigenvalue weighted by Crippen LogP contribution is -2.37. The van der Waals surface area contributed by atoms with Crippen molar-refractivity contribution in [3.8, 4) is 33.9 Å². The highest BCUT2D eigenvalue weighted by Gasteiger charge is 2.46.